The maximum Gasteiger partial charge on any atom is 0.278 e. The van der Waals surface area contributed by atoms with Crippen LogP contribution < -0.4 is 5.32 Å². The standard InChI is InChI=1S/C16H17N5O2/c1-12(11-20-8-2-6-19-20)9-18-15-3-4-16(21(22)23)14-10-17-7-5-13(14)15/h2-8,10,12,18H,9,11H2,1H3/t12-/m0/s1. The average molecular weight is 311 g/mol. The van der Waals surface area contributed by atoms with Gasteiger partial charge in [-0.3, -0.25) is 19.8 Å². The fraction of sp³-hybridized carbons (Fsp3) is 0.250. The number of hydrogen-bond donors (Lipinski definition) is 1. The molecule has 118 valence electrons. The second-order valence-corrected chi connectivity index (χ2v) is 5.52. The van der Waals surface area contributed by atoms with E-state index in [9.17, 15) is 10.1 Å². The molecule has 23 heavy (non-hydrogen) atoms. The number of rotatable bonds is 6. The van der Waals surface area contributed by atoms with Gasteiger partial charge >= 0.3 is 0 Å². The molecular formula is C16H17N5O2. The van der Waals surface area contributed by atoms with Gasteiger partial charge in [-0.25, -0.2) is 0 Å². The number of benzene rings is 1. The van der Waals surface area contributed by atoms with Gasteiger partial charge in [-0.2, -0.15) is 5.10 Å². The third-order valence-corrected chi connectivity index (χ3v) is 3.69. The average Bonchev–Trinajstić information content (AvgIpc) is 3.05. The van der Waals surface area contributed by atoms with Crippen molar-refractivity contribution in [2.45, 2.75) is 13.5 Å². The van der Waals surface area contributed by atoms with Crippen molar-refractivity contribution in [1.82, 2.24) is 14.8 Å². The highest BCUT2D eigenvalue weighted by atomic mass is 16.6. The molecule has 0 amide bonds. The first-order chi connectivity index (χ1) is 11.1. The minimum Gasteiger partial charge on any atom is -0.384 e. The number of pyridine rings is 1. The Labute approximate surface area is 133 Å². The van der Waals surface area contributed by atoms with Gasteiger partial charge in [-0.15, -0.1) is 0 Å². The lowest BCUT2D eigenvalue weighted by molar-refractivity contribution is -0.383. The molecule has 1 N–H and O–H groups in total. The Morgan fingerprint density at radius 3 is 2.91 bits per heavy atom. The van der Waals surface area contributed by atoms with Crippen molar-refractivity contribution in [3.63, 3.8) is 0 Å². The molecule has 0 radical (unpaired) electrons. The summed E-state index contributed by atoms with van der Waals surface area (Å²) in [6.45, 7) is 3.69. The van der Waals surface area contributed by atoms with Crippen LogP contribution in [0.3, 0.4) is 0 Å². The Kier molecular flexibility index (Phi) is 4.18. The zero-order valence-corrected chi connectivity index (χ0v) is 12.7. The van der Waals surface area contributed by atoms with Crippen LogP contribution in [0.4, 0.5) is 11.4 Å². The Hall–Kier alpha value is -2.96. The molecule has 0 bridgehead atoms. The van der Waals surface area contributed by atoms with Crippen LogP contribution in [0.5, 0.6) is 0 Å². The number of fused-ring (bicyclic) bond motifs is 1. The molecule has 7 heteroatoms. The fourth-order valence-electron chi connectivity index (χ4n) is 2.57. The summed E-state index contributed by atoms with van der Waals surface area (Å²) in [7, 11) is 0. The second-order valence-electron chi connectivity index (χ2n) is 5.52. The van der Waals surface area contributed by atoms with Crippen LogP contribution in [-0.2, 0) is 6.54 Å². The molecule has 0 aliphatic rings. The molecular weight excluding hydrogens is 294 g/mol. The molecule has 2 aromatic heterocycles. The first kappa shape index (κ1) is 15.0. The molecule has 1 atom stereocenters. The predicted molar refractivity (Wildman–Crippen MR) is 88.3 cm³/mol. The van der Waals surface area contributed by atoms with Crippen LogP contribution in [0.25, 0.3) is 10.8 Å². The molecule has 0 aliphatic carbocycles. The SMILES string of the molecule is C[C@@H](CNc1ccc([N+](=O)[O-])c2cnccc12)Cn1cccn1. The minimum atomic E-state index is -0.381. The molecule has 0 saturated carbocycles. The van der Waals surface area contributed by atoms with Gasteiger partial charge in [-0.1, -0.05) is 6.92 Å². The van der Waals surface area contributed by atoms with E-state index in [0.717, 1.165) is 24.2 Å². The number of nitrogens with one attached hydrogen (secondary N) is 1. The summed E-state index contributed by atoms with van der Waals surface area (Å²) in [6.07, 6.45) is 6.87. The fourth-order valence-corrected chi connectivity index (χ4v) is 2.57. The summed E-state index contributed by atoms with van der Waals surface area (Å²) in [4.78, 5) is 14.7. The summed E-state index contributed by atoms with van der Waals surface area (Å²) in [5, 5.41) is 20.0. The minimum absolute atomic E-state index is 0.0724. The van der Waals surface area contributed by atoms with E-state index >= 15 is 0 Å². The smallest absolute Gasteiger partial charge is 0.278 e. The summed E-state index contributed by atoms with van der Waals surface area (Å²) >= 11 is 0. The Balaban J connectivity index is 1.78. The lowest BCUT2D eigenvalue weighted by Gasteiger charge is -2.15. The molecule has 7 nitrogen and oxygen atoms in total. The zero-order valence-electron chi connectivity index (χ0n) is 12.7. The topological polar surface area (TPSA) is 85.9 Å². The number of nitro groups is 1. The highest BCUT2D eigenvalue weighted by molar-refractivity contribution is 5.99. The largest absolute Gasteiger partial charge is 0.384 e. The third kappa shape index (κ3) is 3.28. The molecule has 0 unspecified atom stereocenters. The molecule has 0 saturated heterocycles. The molecule has 3 aromatic rings. The predicted octanol–water partition coefficient (Wildman–Crippen LogP) is 3.09. The van der Waals surface area contributed by atoms with Gasteiger partial charge in [0.2, 0.25) is 0 Å². The van der Waals surface area contributed by atoms with E-state index < -0.39 is 0 Å². The van der Waals surface area contributed by atoms with Gasteiger partial charge in [0.15, 0.2) is 0 Å². The second kappa shape index (κ2) is 6.43. The highest BCUT2D eigenvalue weighted by Gasteiger charge is 2.14. The van der Waals surface area contributed by atoms with E-state index in [1.165, 1.54) is 12.3 Å². The summed E-state index contributed by atoms with van der Waals surface area (Å²) < 4.78 is 1.89. The summed E-state index contributed by atoms with van der Waals surface area (Å²) in [6, 6.07) is 6.96. The van der Waals surface area contributed by atoms with Crippen molar-refractivity contribution >= 4 is 22.1 Å². The molecule has 2 heterocycles. The van der Waals surface area contributed by atoms with Crippen LogP contribution in [-0.4, -0.2) is 26.2 Å². The van der Waals surface area contributed by atoms with Crippen molar-refractivity contribution in [1.29, 1.82) is 0 Å². The Bertz CT molecular complexity index is 816. The molecule has 0 fully saturated rings. The maximum atomic E-state index is 11.1. The van der Waals surface area contributed by atoms with E-state index in [4.69, 9.17) is 0 Å². The zero-order chi connectivity index (χ0) is 16.2. The monoisotopic (exact) mass is 311 g/mol. The van der Waals surface area contributed by atoms with Gasteiger partial charge in [0, 0.05) is 55.0 Å². The van der Waals surface area contributed by atoms with Gasteiger partial charge in [0.25, 0.3) is 5.69 Å². The summed E-state index contributed by atoms with van der Waals surface area (Å²) in [5.41, 5.74) is 0.948. The van der Waals surface area contributed by atoms with E-state index in [2.05, 4.69) is 22.3 Å². The van der Waals surface area contributed by atoms with Crippen LogP contribution in [0, 0.1) is 16.0 Å². The molecule has 0 spiro atoms. The van der Waals surface area contributed by atoms with Crippen LogP contribution >= 0.6 is 0 Å². The Morgan fingerprint density at radius 1 is 1.30 bits per heavy atom. The number of nitro benzene ring substituents is 1. The van der Waals surface area contributed by atoms with E-state index in [1.54, 1.807) is 24.5 Å². The Morgan fingerprint density at radius 2 is 2.17 bits per heavy atom. The summed E-state index contributed by atoms with van der Waals surface area (Å²) in [5.74, 6) is 0.363. The third-order valence-electron chi connectivity index (χ3n) is 3.69. The van der Waals surface area contributed by atoms with Gasteiger partial charge < -0.3 is 5.32 Å². The van der Waals surface area contributed by atoms with Crippen LogP contribution in [0.15, 0.2) is 49.1 Å². The molecule has 0 aliphatic heterocycles. The lowest BCUT2D eigenvalue weighted by Crippen LogP contribution is -2.17. The number of nitrogens with zero attached hydrogens (tertiary/aromatic N) is 4. The van der Waals surface area contributed by atoms with Crippen molar-refractivity contribution in [3.05, 3.63) is 59.2 Å². The van der Waals surface area contributed by atoms with Crippen LogP contribution in [0.2, 0.25) is 0 Å². The lowest BCUT2D eigenvalue weighted by atomic mass is 10.1. The normalized spacial score (nSPS) is 12.2. The van der Waals surface area contributed by atoms with Crippen LogP contribution in [0.1, 0.15) is 6.92 Å². The quantitative estimate of drug-likeness (QED) is 0.558. The van der Waals surface area contributed by atoms with E-state index in [1.807, 2.05) is 16.9 Å². The highest BCUT2D eigenvalue weighted by Crippen LogP contribution is 2.30. The molecule has 3 rings (SSSR count). The first-order valence-corrected chi connectivity index (χ1v) is 7.37. The van der Waals surface area contributed by atoms with Crippen molar-refractivity contribution in [3.8, 4) is 0 Å². The number of non-ortho nitro benzene ring substituents is 1. The number of hydrogen-bond acceptors (Lipinski definition) is 5. The van der Waals surface area contributed by atoms with Gasteiger partial charge in [0.1, 0.15) is 0 Å². The number of anilines is 1. The van der Waals surface area contributed by atoms with Crippen molar-refractivity contribution < 1.29 is 4.92 Å². The number of aromatic nitrogens is 3. The first-order valence-electron chi connectivity index (χ1n) is 7.37. The van der Waals surface area contributed by atoms with Crippen molar-refractivity contribution in [2.24, 2.45) is 5.92 Å². The van der Waals surface area contributed by atoms with E-state index in [0.29, 0.717) is 11.3 Å². The van der Waals surface area contributed by atoms with Gasteiger partial charge in [-0.05, 0) is 24.1 Å². The van der Waals surface area contributed by atoms with E-state index in [-0.39, 0.29) is 10.6 Å². The van der Waals surface area contributed by atoms with Crippen molar-refractivity contribution in [2.75, 3.05) is 11.9 Å². The van der Waals surface area contributed by atoms with Gasteiger partial charge in [0.05, 0.1) is 10.3 Å². The molecule has 1 aromatic carbocycles. The maximum absolute atomic E-state index is 11.1.